The predicted octanol–water partition coefficient (Wildman–Crippen LogP) is 8.57. The minimum atomic E-state index is -0.494. The van der Waals surface area contributed by atoms with E-state index in [1.807, 2.05) is 31.7 Å². The lowest BCUT2D eigenvalue weighted by molar-refractivity contribution is 0.0153. The Hall–Kier alpha value is -2.28. The van der Waals surface area contributed by atoms with Crippen LogP contribution in [0.5, 0.6) is 0 Å². The topological polar surface area (TPSA) is 50.6 Å². The Labute approximate surface area is 260 Å². The molecule has 3 fully saturated rings. The van der Waals surface area contributed by atoms with Crippen LogP contribution in [-0.2, 0) is 10.2 Å². The third-order valence-corrected chi connectivity index (χ3v) is 10.7. The molecule has 6 rings (SSSR count). The smallest absolute Gasteiger partial charge is 0.410 e. The quantitative estimate of drug-likeness (QED) is 0.280. The van der Waals surface area contributed by atoms with Crippen LogP contribution in [0.2, 0.25) is 10.0 Å². The van der Waals surface area contributed by atoms with E-state index in [4.69, 9.17) is 32.9 Å². The zero-order chi connectivity index (χ0) is 29.6. The standard InChI is InChI=1S/C34H44Cl2N4O2/c1-23-37-30-8-5-6-9-31(30)40(23)27-21-25-11-12-26(22-27)39(25)17-7-14-34(24-10-13-28(35)29(36)20-24)15-18-38(19-16-34)32(41)42-33(2,3)4/h5-6,8-10,13,20,25-27H,7,11-12,14-19,21-22H2,1-4H3/t25-,26+,27?. The fourth-order valence-corrected chi connectivity index (χ4v) is 8.30. The second-order valence-corrected chi connectivity index (χ2v) is 14.6. The molecular weight excluding hydrogens is 567 g/mol. The summed E-state index contributed by atoms with van der Waals surface area (Å²) in [6.45, 7) is 10.4. The lowest BCUT2D eigenvalue weighted by Gasteiger charge is -2.44. The predicted molar refractivity (Wildman–Crippen MR) is 171 cm³/mol. The van der Waals surface area contributed by atoms with Crippen molar-refractivity contribution in [3.8, 4) is 0 Å². The molecule has 3 saturated heterocycles. The average Bonchev–Trinajstić information content (AvgIpc) is 3.39. The number of fused-ring (bicyclic) bond motifs is 3. The van der Waals surface area contributed by atoms with Gasteiger partial charge in [0, 0.05) is 31.2 Å². The van der Waals surface area contributed by atoms with E-state index in [0.29, 0.717) is 41.3 Å². The van der Waals surface area contributed by atoms with Gasteiger partial charge in [-0.15, -0.1) is 0 Å². The Bertz CT molecular complexity index is 1430. The van der Waals surface area contributed by atoms with Gasteiger partial charge in [-0.3, -0.25) is 4.90 Å². The zero-order valence-electron chi connectivity index (χ0n) is 25.4. The number of carbonyl (C=O) groups excluding carboxylic acids is 1. The highest BCUT2D eigenvalue weighted by molar-refractivity contribution is 6.42. The number of likely N-dealkylation sites (tertiary alicyclic amines) is 1. The van der Waals surface area contributed by atoms with Crippen molar-refractivity contribution in [3.05, 3.63) is 63.9 Å². The van der Waals surface area contributed by atoms with Gasteiger partial charge >= 0.3 is 6.09 Å². The van der Waals surface area contributed by atoms with Crippen LogP contribution in [0.25, 0.3) is 11.0 Å². The highest BCUT2D eigenvalue weighted by Gasteiger charge is 2.43. The van der Waals surface area contributed by atoms with Crippen molar-refractivity contribution in [2.24, 2.45) is 0 Å². The number of benzene rings is 2. The van der Waals surface area contributed by atoms with Crippen molar-refractivity contribution in [3.63, 3.8) is 0 Å². The van der Waals surface area contributed by atoms with Crippen molar-refractivity contribution >= 4 is 40.3 Å². The molecule has 2 aromatic carbocycles. The summed E-state index contributed by atoms with van der Waals surface area (Å²) >= 11 is 12.8. The van der Waals surface area contributed by atoms with Gasteiger partial charge in [-0.2, -0.15) is 0 Å². The van der Waals surface area contributed by atoms with E-state index in [-0.39, 0.29) is 11.5 Å². The first-order valence-corrected chi connectivity index (χ1v) is 16.4. The molecule has 226 valence electrons. The van der Waals surface area contributed by atoms with E-state index in [2.05, 4.69) is 52.8 Å². The zero-order valence-corrected chi connectivity index (χ0v) is 26.9. The molecule has 8 heteroatoms. The fraction of sp³-hybridized carbons (Fsp3) is 0.588. The normalized spacial score (nSPS) is 24.3. The number of hydrogen-bond acceptors (Lipinski definition) is 4. The van der Waals surface area contributed by atoms with Gasteiger partial charge in [0.15, 0.2) is 0 Å². The summed E-state index contributed by atoms with van der Waals surface area (Å²) in [4.78, 5) is 22.4. The second kappa shape index (κ2) is 11.7. The molecule has 4 heterocycles. The van der Waals surface area contributed by atoms with E-state index in [1.54, 1.807) is 0 Å². The summed E-state index contributed by atoms with van der Waals surface area (Å²) in [7, 11) is 0. The van der Waals surface area contributed by atoms with Crippen LogP contribution in [0.4, 0.5) is 4.79 Å². The molecule has 1 aromatic heterocycles. The van der Waals surface area contributed by atoms with Gasteiger partial charge in [0.2, 0.25) is 0 Å². The SMILES string of the molecule is Cc1nc2ccccc2n1C1C[C@H]2CC[C@@H](C1)N2CCCC1(c2ccc(Cl)c(Cl)c2)CCN(C(=O)OC(C)(C)C)CC1. The molecular formula is C34H44Cl2N4O2. The number of rotatable bonds is 6. The van der Waals surface area contributed by atoms with Crippen LogP contribution in [0.15, 0.2) is 42.5 Å². The molecule has 0 radical (unpaired) electrons. The van der Waals surface area contributed by atoms with Crippen molar-refractivity contribution in [2.75, 3.05) is 19.6 Å². The minimum Gasteiger partial charge on any atom is -0.444 e. The number of ether oxygens (including phenoxy) is 1. The Morgan fingerprint density at radius 1 is 1.00 bits per heavy atom. The largest absolute Gasteiger partial charge is 0.444 e. The van der Waals surface area contributed by atoms with E-state index in [9.17, 15) is 4.79 Å². The first-order valence-electron chi connectivity index (χ1n) is 15.7. The van der Waals surface area contributed by atoms with E-state index < -0.39 is 5.60 Å². The van der Waals surface area contributed by atoms with Crippen LogP contribution >= 0.6 is 23.2 Å². The first kappa shape index (κ1) is 29.8. The number of aryl methyl sites for hydroxylation is 1. The maximum atomic E-state index is 12.8. The molecule has 0 spiro atoms. The number of amides is 1. The Balaban J connectivity index is 1.13. The lowest BCUT2D eigenvalue weighted by atomic mass is 9.69. The van der Waals surface area contributed by atoms with Crippen molar-refractivity contribution in [2.45, 2.75) is 108 Å². The van der Waals surface area contributed by atoms with Crippen LogP contribution in [0.1, 0.15) is 89.6 Å². The Kier molecular flexibility index (Phi) is 8.27. The van der Waals surface area contributed by atoms with E-state index in [1.165, 1.54) is 36.8 Å². The van der Waals surface area contributed by atoms with Gasteiger partial charge in [-0.1, -0.05) is 41.4 Å². The Morgan fingerprint density at radius 2 is 1.69 bits per heavy atom. The molecule has 42 heavy (non-hydrogen) atoms. The van der Waals surface area contributed by atoms with Gasteiger partial charge in [0.05, 0.1) is 21.1 Å². The van der Waals surface area contributed by atoms with E-state index in [0.717, 1.165) is 43.6 Å². The first-order chi connectivity index (χ1) is 20.0. The molecule has 3 aliphatic rings. The van der Waals surface area contributed by atoms with Gasteiger partial charge in [0.25, 0.3) is 0 Å². The summed E-state index contributed by atoms with van der Waals surface area (Å²) in [5, 5.41) is 1.19. The molecule has 0 aliphatic carbocycles. The van der Waals surface area contributed by atoms with Crippen molar-refractivity contribution < 1.29 is 9.53 Å². The molecule has 0 saturated carbocycles. The van der Waals surface area contributed by atoms with Gasteiger partial charge in [-0.05, 0) is 121 Å². The number of halogens is 2. The van der Waals surface area contributed by atoms with Crippen molar-refractivity contribution in [1.82, 2.24) is 19.4 Å². The number of piperidine rings is 2. The molecule has 1 unspecified atom stereocenters. The molecule has 3 aromatic rings. The highest BCUT2D eigenvalue weighted by Crippen LogP contribution is 2.45. The third-order valence-electron chi connectivity index (χ3n) is 9.97. The van der Waals surface area contributed by atoms with Gasteiger partial charge in [0.1, 0.15) is 11.4 Å². The lowest BCUT2D eigenvalue weighted by Crippen LogP contribution is -2.47. The molecule has 0 N–H and O–H groups in total. The van der Waals surface area contributed by atoms with Gasteiger partial charge in [-0.25, -0.2) is 9.78 Å². The fourth-order valence-electron chi connectivity index (χ4n) is 8.00. The van der Waals surface area contributed by atoms with Crippen molar-refractivity contribution in [1.29, 1.82) is 0 Å². The number of imidazole rings is 1. The number of para-hydroxylation sites is 2. The van der Waals surface area contributed by atoms with Crippen LogP contribution in [0.3, 0.4) is 0 Å². The summed E-state index contributed by atoms with van der Waals surface area (Å²) in [5.41, 5.74) is 3.09. The molecule has 6 nitrogen and oxygen atoms in total. The monoisotopic (exact) mass is 610 g/mol. The summed E-state index contributed by atoms with van der Waals surface area (Å²) in [6.07, 6.45) is 8.73. The number of aromatic nitrogens is 2. The second-order valence-electron chi connectivity index (χ2n) is 13.7. The highest BCUT2D eigenvalue weighted by atomic mass is 35.5. The average molecular weight is 612 g/mol. The van der Waals surface area contributed by atoms with Crippen LogP contribution in [-0.4, -0.2) is 62.8 Å². The summed E-state index contributed by atoms with van der Waals surface area (Å²) in [6, 6.07) is 16.5. The van der Waals surface area contributed by atoms with E-state index >= 15 is 0 Å². The maximum Gasteiger partial charge on any atom is 0.410 e. The number of nitrogens with zero attached hydrogens (tertiary/aromatic N) is 4. The van der Waals surface area contributed by atoms with Crippen LogP contribution in [0, 0.1) is 6.92 Å². The summed E-state index contributed by atoms with van der Waals surface area (Å²) < 4.78 is 8.19. The molecule has 1 amide bonds. The summed E-state index contributed by atoms with van der Waals surface area (Å²) in [5.74, 6) is 1.13. The number of carbonyl (C=O) groups is 1. The third kappa shape index (κ3) is 5.92. The Morgan fingerprint density at radius 3 is 2.36 bits per heavy atom. The number of hydrogen-bond donors (Lipinski definition) is 0. The minimum absolute atomic E-state index is 0.0308. The maximum absolute atomic E-state index is 12.8. The molecule has 2 bridgehead atoms. The molecule has 3 atom stereocenters. The van der Waals surface area contributed by atoms with Gasteiger partial charge < -0.3 is 14.2 Å². The molecule has 3 aliphatic heterocycles. The van der Waals surface area contributed by atoms with Crippen LogP contribution < -0.4 is 0 Å².